The third-order valence-corrected chi connectivity index (χ3v) is 2.30. The van der Waals surface area contributed by atoms with Crippen LogP contribution >= 0.6 is 15.9 Å². The van der Waals surface area contributed by atoms with Crippen LogP contribution in [-0.2, 0) is 4.79 Å². The van der Waals surface area contributed by atoms with E-state index in [1.54, 1.807) is 0 Å². The molecule has 1 amide bonds. The minimum absolute atomic E-state index is 0.166. The predicted molar refractivity (Wildman–Crippen MR) is 50.9 cm³/mol. The Labute approximate surface area is 76.9 Å². The highest BCUT2D eigenvalue weighted by Crippen LogP contribution is 1.97. The van der Waals surface area contributed by atoms with E-state index in [2.05, 4.69) is 28.2 Å². The molecule has 0 spiro atoms. The Balaban J connectivity index is 3.54. The summed E-state index contributed by atoms with van der Waals surface area (Å²) in [5, 5.41) is 3.78. The van der Waals surface area contributed by atoms with Gasteiger partial charge in [-0.05, 0) is 12.8 Å². The van der Waals surface area contributed by atoms with Crippen LogP contribution in [0.25, 0.3) is 0 Å². The molecule has 0 saturated carbocycles. The van der Waals surface area contributed by atoms with E-state index >= 15 is 0 Å². The zero-order chi connectivity index (χ0) is 8.69. The van der Waals surface area contributed by atoms with Crippen molar-refractivity contribution in [2.45, 2.75) is 39.2 Å². The minimum atomic E-state index is 0.166. The average Bonchev–Trinajstić information content (AvgIpc) is 2.01. The number of amides is 1. The fourth-order valence-corrected chi connectivity index (χ4v) is 1.40. The molecule has 0 aromatic heterocycles. The number of halogens is 1. The first-order chi connectivity index (χ1) is 5.24. The molecule has 0 aliphatic heterocycles. The van der Waals surface area contributed by atoms with Crippen LogP contribution in [-0.4, -0.2) is 17.3 Å². The zero-order valence-corrected chi connectivity index (χ0v) is 8.78. The summed E-state index contributed by atoms with van der Waals surface area (Å²) in [7, 11) is 0. The summed E-state index contributed by atoms with van der Waals surface area (Å²) >= 11 is 3.34. The van der Waals surface area contributed by atoms with Crippen molar-refractivity contribution in [1.29, 1.82) is 0 Å². The smallest absolute Gasteiger partial charge is 0.220 e. The molecule has 1 unspecified atom stereocenters. The maximum Gasteiger partial charge on any atom is 0.220 e. The van der Waals surface area contributed by atoms with Gasteiger partial charge in [0, 0.05) is 17.8 Å². The van der Waals surface area contributed by atoms with Crippen molar-refractivity contribution in [2.75, 3.05) is 5.33 Å². The Hall–Kier alpha value is -0.0500. The molecular weight excluding hydrogens is 206 g/mol. The maximum atomic E-state index is 11.0. The van der Waals surface area contributed by atoms with Crippen molar-refractivity contribution in [3.05, 3.63) is 0 Å². The molecule has 0 aliphatic carbocycles. The minimum Gasteiger partial charge on any atom is -0.353 e. The van der Waals surface area contributed by atoms with Crippen LogP contribution in [0.2, 0.25) is 0 Å². The topological polar surface area (TPSA) is 29.1 Å². The van der Waals surface area contributed by atoms with Gasteiger partial charge in [-0.25, -0.2) is 0 Å². The van der Waals surface area contributed by atoms with Crippen LogP contribution in [0.3, 0.4) is 0 Å². The molecule has 1 N–H and O–H groups in total. The maximum absolute atomic E-state index is 11.0. The van der Waals surface area contributed by atoms with Crippen LogP contribution in [0.5, 0.6) is 0 Å². The number of rotatable bonds is 5. The first-order valence-corrected chi connectivity index (χ1v) is 5.22. The Morgan fingerprint density at radius 2 is 2.18 bits per heavy atom. The molecular formula is C8H16BrNO. The van der Waals surface area contributed by atoms with Gasteiger partial charge in [-0.15, -0.1) is 0 Å². The molecule has 66 valence electrons. The van der Waals surface area contributed by atoms with Gasteiger partial charge in [-0.2, -0.15) is 0 Å². The second kappa shape index (κ2) is 6.65. The van der Waals surface area contributed by atoms with Crippen LogP contribution < -0.4 is 5.32 Å². The lowest BCUT2D eigenvalue weighted by Gasteiger charge is -2.12. The van der Waals surface area contributed by atoms with E-state index in [0.717, 1.165) is 18.2 Å². The summed E-state index contributed by atoms with van der Waals surface area (Å²) in [5.41, 5.74) is 0. The molecule has 2 nitrogen and oxygen atoms in total. The third-order valence-electron chi connectivity index (χ3n) is 1.52. The van der Waals surface area contributed by atoms with Crippen molar-refractivity contribution in [3.63, 3.8) is 0 Å². The fourth-order valence-electron chi connectivity index (χ4n) is 0.777. The predicted octanol–water partition coefficient (Wildman–Crippen LogP) is 2.08. The van der Waals surface area contributed by atoms with Gasteiger partial charge in [0.25, 0.3) is 0 Å². The summed E-state index contributed by atoms with van der Waals surface area (Å²) in [4.78, 5) is 11.0. The summed E-state index contributed by atoms with van der Waals surface area (Å²) in [6, 6.07) is 0.300. The zero-order valence-electron chi connectivity index (χ0n) is 7.19. The molecule has 11 heavy (non-hydrogen) atoms. The monoisotopic (exact) mass is 221 g/mol. The normalized spacial score (nSPS) is 12.6. The lowest BCUT2D eigenvalue weighted by Crippen LogP contribution is -2.35. The molecule has 0 rings (SSSR count). The fraction of sp³-hybridized carbons (Fsp3) is 0.875. The Morgan fingerprint density at radius 3 is 2.55 bits per heavy atom. The second-order valence-corrected chi connectivity index (χ2v) is 3.22. The Morgan fingerprint density at radius 1 is 1.55 bits per heavy atom. The van der Waals surface area contributed by atoms with Gasteiger partial charge >= 0.3 is 0 Å². The van der Waals surface area contributed by atoms with E-state index in [-0.39, 0.29) is 5.91 Å². The molecule has 0 aromatic carbocycles. The van der Waals surface area contributed by atoms with Gasteiger partial charge in [0.05, 0.1) is 0 Å². The number of carbonyl (C=O) groups excluding carboxylic acids is 1. The van der Waals surface area contributed by atoms with E-state index in [1.807, 2.05) is 6.92 Å². The van der Waals surface area contributed by atoms with E-state index in [9.17, 15) is 4.79 Å². The largest absolute Gasteiger partial charge is 0.353 e. The van der Waals surface area contributed by atoms with Crippen molar-refractivity contribution < 1.29 is 4.79 Å². The van der Waals surface area contributed by atoms with Gasteiger partial charge in [0.15, 0.2) is 0 Å². The lowest BCUT2D eigenvalue weighted by molar-refractivity contribution is -0.121. The molecule has 1 atom stereocenters. The van der Waals surface area contributed by atoms with Crippen molar-refractivity contribution in [2.24, 2.45) is 0 Å². The van der Waals surface area contributed by atoms with Crippen LogP contribution in [0.15, 0.2) is 0 Å². The van der Waals surface area contributed by atoms with Gasteiger partial charge in [0.2, 0.25) is 5.91 Å². The molecule has 0 bridgehead atoms. The molecule has 0 aromatic rings. The molecule has 0 heterocycles. The number of hydrogen-bond donors (Lipinski definition) is 1. The van der Waals surface area contributed by atoms with Crippen molar-refractivity contribution in [3.8, 4) is 0 Å². The SMILES string of the molecule is CCCC(=O)NC(CC)CBr. The number of nitrogens with one attached hydrogen (secondary N) is 1. The van der Waals surface area contributed by atoms with Crippen LogP contribution in [0, 0.1) is 0 Å². The Bertz CT molecular complexity index is 113. The van der Waals surface area contributed by atoms with E-state index in [4.69, 9.17) is 0 Å². The Kier molecular flexibility index (Phi) is 6.62. The van der Waals surface area contributed by atoms with Crippen molar-refractivity contribution >= 4 is 21.8 Å². The van der Waals surface area contributed by atoms with E-state index in [1.165, 1.54) is 0 Å². The standard InChI is InChI=1S/C8H16BrNO/c1-3-5-8(11)10-7(4-2)6-9/h7H,3-6H2,1-2H3,(H,10,11). The summed E-state index contributed by atoms with van der Waals surface area (Å²) < 4.78 is 0. The number of hydrogen-bond acceptors (Lipinski definition) is 1. The third kappa shape index (κ3) is 5.24. The van der Waals surface area contributed by atoms with Crippen LogP contribution in [0.4, 0.5) is 0 Å². The first kappa shape index (κ1) is 11.0. The van der Waals surface area contributed by atoms with Crippen molar-refractivity contribution in [1.82, 2.24) is 5.32 Å². The number of carbonyl (C=O) groups is 1. The van der Waals surface area contributed by atoms with Gasteiger partial charge in [-0.3, -0.25) is 4.79 Å². The molecule has 0 fully saturated rings. The average molecular weight is 222 g/mol. The molecule has 0 aliphatic rings. The first-order valence-electron chi connectivity index (χ1n) is 4.09. The van der Waals surface area contributed by atoms with Gasteiger partial charge < -0.3 is 5.32 Å². The van der Waals surface area contributed by atoms with E-state index in [0.29, 0.717) is 12.5 Å². The van der Waals surface area contributed by atoms with E-state index < -0.39 is 0 Å². The highest BCUT2D eigenvalue weighted by atomic mass is 79.9. The summed E-state index contributed by atoms with van der Waals surface area (Å²) in [6.07, 6.45) is 2.55. The summed E-state index contributed by atoms with van der Waals surface area (Å²) in [5.74, 6) is 0.166. The van der Waals surface area contributed by atoms with Gasteiger partial charge in [0.1, 0.15) is 0 Å². The molecule has 0 saturated heterocycles. The molecule has 0 radical (unpaired) electrons. The molecule has 3 heteroatoms. The van der Waals surface area contributed by atoms with Crippen LogP contribution in [0.1, 0.15) is 33.1 Å². The lowest BCUT2D eigenvalue weighted by atomic mass is 10.2. The highest BCUT2D eigenvalue weighted by molar-refractivity contribution is 9.09. The second-order valence-electron chi connectivity index (χ2n) is 2.58. The number of alkyl halides is 1. The highest BCUT2D eigenvalue weighted by Gasteiger charge is 2.06. The summed E-state index contributed by atoms with van der Waals surface area (Å²) in [6.45, 7) is 4.08. The van der Waals surface area contributed by atoms with Gasteiger partial charge in [-0.1, -0.05) is 29.8 Å². The quantitative estimate of drug-likeness (QED) is 0.709.